The Morgan fingerprint density at radius 3 is 2.32 bits per heavy atom. The van der Waals surface area contributed by atoms with Gasteiger partial charge in [0.1, 0.15) is 0 Å². The van der Waals surface area contributed by atoms with Gasteiger partial charge in [0.05, 0.1) is 56.8 Å². The van der Waals surface area contributed by atoms with Crippen molar-refractivity contribution in [3.8, 4) is 0 Å². The molecule has 1 saturated heterocycles. The maximum Gasteiger partial charge on any atom is 0.158 e. The molecule has 0 N–H and O–H groups in total. The normalized spacial score (nSPS) is 16.4. The van der Waals surface area contributed by atoms with Gasteiger partial charge in [-0.1, -0.05) is 11.8 Å². The van der Waals surface area contributed by atoms with Crippen LogP contribution in [0.15, 0.2) is 18.3 Å². The van der Waals surface area contributed by atoms with Gasteiger partial charge in [0, 0.05) is 38.9 Å². The first kappa shape index (κ1) is 25.6. The Morgan fingerprint density at radius 1 is 1.06 bits per heavy atom. The molecule has 0 amide bonds. The summed E-state index contributed by atoms with van der Waals surface area (Å²) in [5, 5.41) is 8.22. The zero-order valence-electron chi connectivity index (χ0n) is 18.3. The van der Waals surface area contributed by atoms with E-state index >= 15 is 0 Å². The van der Waals surface area contributed by atoms with Crippen LogP contribution in [0.25, 0.3) is 0 Å². The number of carbonyl (C=O) groups excluding carboxylic acids is 1. The van der Waals surface area contributed by atoms with Crippen LogP contribution < -0.4 is 0 Å². The number of hydrogen-bond acceptors (Lipinski definition) is 9. The molecule has 2 heterocycles. The number of ether oxygens (including phenoxy) is 3. The molecule has 176 valence electrons. The molecule has 1 fully saturated rings. The Labute approximate surface area is 184 Å². The van der Waals surface area contributed by atoms with Crippen molar-refractivity contribution in [3.05, 3.63) is 24.0 Å². The summed E-state index contributed by atoms with van der Waals surface area (Å²) in [5.74, 6) is 0.498. The van der Waals surface area contributed by atoms with E-state index in [0.717, 1.165) is 5.69 Å². The van der Waals surface area contributed by atoms with E-state index in [9.17, 15) is 13.2 Å². The highest BCUT2D eigenvalue weighted by Gasteiger charge is 2.22. The minimum Gasteiger partial charge on any atom is -0.379 e. The molecule has 0 radical (unpaired) electrons. The van der Waals surface area contributed by atoms with Gasteiger partial charge in [-0.2, -0.15) is 0 Å². The van der Waals surface area contributed by atoms with Gasteiger partial charge in [-0.3, -0.25) is 9.69 Å². The van der Waals surface area contributed by atoms with E-state index in [1.165, 1.54) is 0 Å². The summed E-state index contributed by atoms with van der Waals surface area (Å²) in [6.45, 7) is 10.6. The first-order valence-corrected chi connectivity index (χ1v) is 12.4. The van der Waals surface area contributed by atoms with E-state index < -0.39 is 9.84 Å². The topological polar surface area (TPSA) is 113 Å². The summed E-state index contributed by atoms with van der Waals surface area (Å²) >= 11 is 0. The van der Waals surface area contributed by atoms with Crippen LogP contribution in [-0.2, 0) is 41.9 Å². The van der Waals surface area contributed by atoms with Crippen molar-refractivity contribution in [2.45, 2.75) is 32.9 Å². The Hall–Kier alpha value is -1.66. The molecule has 31 heavy (non-hydrogen) atoms. The molecule has 0 aliphatic carbocycles. The third-order valence-corrected chi connectivity index (χ3v) is 6.40. The van der Waals surface area contributed by atoms with Crippen LogP contribution in [0.3, 0.4) is 0 Å². The number of hydrogen-bond donors (Lipinski definition) is 0. The maximum atomic E-state index is 11.5. The number of sulfone groups is 1. The van der Waals surface area contributed by atoms with E-state index in [1.807, 2.05) is 6.20 Å². The lowest BCUT2D eigenvalue weighted by molar-refractivity contribution is -0.115. The number of ketones is 1. The summed E-state index contributed by atoms with van der Waals surface area (Å²) < 4.78 is 41.1. The van der Waals surface area contributed by atoms with Crippen molar-refractivity contribution in [1.29, 1.82) is 0 Å². The van der Waals surface area contributed by atoms with Crippen molar-refractivity contribution in [3.63, 3.8) is 0 Å². The SMILES string of the molecule is C=C(C)C(=O)CCCOCCOCCOCCn1cc(CN2CCS(=O)(=O)CC2)nn1. The van der Waals surface area contributed by atoms with Gasteiger partial charge in [0.2, 0.25) is 0 Å². The highest BCUT2D eigenvalue weighted by atomic mass is 32.2. The van der Waals surface area contributed by atoms with E-state index in [2.05, 4.69) is 21.8 Å². The van der Waals surface area contributed by atoms with Gasteiger partial charge < -0.3 is 14.2 Å². The number of nitrogens with zero attached hydrogens (tertiary/aromatic N) is 4. The van der Waals surface area contributed by atoms with Crippen LogP contribution in [0.1, 0.15) is 25.5 Å². The van der Waals surface area contributed by atoms with E-state index in [-0.39, 0.29) is 17.3 Å². The Morgan fingerprint density at radius 2 is 1.68 bits per heavy atom. The predicted molar refractivity (Wildman–Crippen MR) is 115 cm³/mol. The average Bonchev–Trinajstić information content (AvgIpc) is 3.17. The van der Waals surface area contributed by atoms with Crippen molar-refractivity contribution in [2.24, 2.45) is 0 Å². The first-order chi connectivity index (χ1) is 14.9. The van der Waals surface area contributed by atoms with Crippen molar-refractivity contribution in [1.82, 2.24) is 19.9 Å². The fourth-order valence-corrected chi connectivity index (χ4v) is 4.18. The quantitative estimate of drug-likeness (QED) is 0.258. The monoisotopic (exact) mass is 458 g/mol. The minimum atomic E-state index is -2.87. The van der Waals surface area contributed by atoms with E-state index in [1.54, 1.807) is 11.6 Å². The zero-order valence-corrected chi connectivity index (χ0v) is 19.1. The van der Waals surface area contributed by atoms with Crippen molar-refractivity contribution in [2.75, 3.05) is 64.2 Å². The molecular formula is C20H34N4O6S. The molecule has 0 atom stereocenters. The average molecular weight is 459 g/mol. The van der Waals surface area contributed by atoms with Crippen LogP contribution in [0, 0.1) is 0 Å². The summed E-state index contributed by atoms with van der Waals surface area (Å²) in [4.78, 5) is 13.5. The maximum absolute atomic E-state index is 11.5. The van der Waals surface area contributed by atoms with Crippen LogP contribution in [-0.4, -0.2) is 98.3 Å². The fourth-order valence-electron chi connectivity index (χ4n) is 2.91. The second kappa shape index (κ2) is 13.7. The molecule has 1 aromatic rings. The second-order valence-corrected chi connectivity index (χ2v) is 9.85. The fraction of sp³-hybridized carbons (Fsp3) is 0.750. The Bertz CT molecular complexity index is 781. The third-order valence-electron chi connectivity index (χ3n) is 4.79. The smallest absolute Gasteiger partial charge is 0.158 e. The summed E-state index contributed by atoms with van der Waals surface area (Å²) in [5.41, 5.74) is 1.41. The van der Waals surface area contributed by atoms with Gasteiger partial charge in [-0.05, 0) is 18.9 Å². The van der Waals surface area contributed by atoms with Gasteiger partial charge in [-0.15, -0.1) is 5.10 Å². The third kappa shape index (κ3) is 11.0. The predicted octanol–water partition coefficient (Wildman–Crippen LogP) is 0.484. The molecule has 10 nitrogen and oxygen atoms in total. The summed E-state index contributed by atoms with van der Waals surface area (Å²) in [6.07, 6.45) is 3.03. The highest BCUT2D eigenvalue weighted by molar-refractivity contribution is 7.91. The van der Waals surface area contributed by atoms with Gasteiger partial charge >= 0.3 is 0 Å². The number of Topliss-reactive ketones (excluding diaryl/α,β-unsaturated/α-hetero) is 1. The second-order valence-electron chi connectivity index (χ2n) is 7.55. The molecule has 0 spiro atoms. The molecule has 1 aliphatic heterocycles. The van der Waals surface area contributed by atoms with Crippen LogP contribution >= 0.6 is 0 Å². The van der Waals surface area contributed by atoms with Gasteiger partial charge in [0.15, 0.2) is 15.6 Å². The highest BCUT2D eigenvalue weighted by Crippen LogP contribution is 2.07. The van der Waals surface area contributed by atoms with Gasteiger partial charge in [-0.25, -0.2) is 13.1 Å². The van der Waals surface area contributed by atoms with E-state index in [0.29, 0.717) is 84.2 Å². The van der Waals surface area contributed by atoms with Crippen LogP contribution in [0.2, 0.25) is 0 Å². The Balaban J connectivity index is 1.42. The van der Waals surface area contributed by atoms with Crippen molar-refractivity contribution >= 4 is 15.6 Å². The lowest BCUT2D eigenvalue weighted by Crippen LogP contribution is -2.39. The van der Waals surface area contributed by atoms with Crippen LogP contribution in [0.5, 0.6) is 0 Å². The summed E-state index contributed by atoms with van der Waals surface area (Å²) in [6, 6.07) is 0. The molecule has 2 rings (SSSR count). The Kier molecular flexibility index (Phi) is 11.3. The standard InChI is InChI=1S/C20H34N4O6S/c1-18(2)20(25)4-3-8-28-10-12-30-13-11-29-9-5-24-17-19(21-22-24)16-23-6-14-31(26,27)15-7-23/h17H,1,3-16H2,2H3. The lowest BCUT2D eigenvalue weighted by Gasteiger charge is -2.25. The molecule has 0 aromatic carbocycles. The molecular weight excluding hydrogens is 424 g/mol. The largest absolute Gasteiger partial charge is 0.379 e. The molecule has 0 bridgehead atoms. The number of carbonyl (C=O) groups is 1. The number of allylic oxidation sites excluding steroid dienone is 1. The van der Waals surface area contributed by atoms with Gasteiger partial charge in [0.25, 0.3) is 0 Å². The summed E-state index contributed by atoms with van der Waals surface area (Å²) in [7, 11) is -2.87. The first-order valence-electron chi connectivity index (χ1n) is 10.6. The van der Waals surface area contributed by atoms with E-state index in [4.69, 9.17) is 14.2 Å². The zero-order chi connectivity index (χ0) is 22.5. The molecule has 1 aromatic heterocycles. The minimum absolute atomic E-state index is 0.0822. The van der Waals surface area contributed by atoms with Crippen LogP contribution in [0.4, 0.5) is 0 Å². The molecule has 11 heteroatoms. The molecule has 1 aliphatic rings. The molecule has 0 unspecified atom stereocenters. The lowest BCUT2D eigenvalue weighted by atomic mass is 10.1. The molecule has 0 saturated carbocycles. The number of aromatic nitrogens is 3. The number of rotatable bonds is 16. The van der Waals surface area contributed by atoms with Crippen molar-refractivity contribution < 1.29 is 27.4 Å².